The standard InChI is InChI=1S/3BrH.U/h3*1H;/q;;;+2/p-3. The van der Waals surface area contributed by atoms with E-state index in [9.17, 15) is 0 Å². The van der Waals surface area contributed by atoms with Crippen molar-refractivity contribution in [3.05, 3.63) is 0 Å². The Labute approximate surface area is 80.8 Å². The molecule has 0 nitrogen and oxygen atoms in total. The molecule has 0 rings (SSSR count). The van der Waals surface area contributed by atoms with Crippen LogP contribution in [0.5, 0.6) is 0 Å². The van der Waals surface area contributed by atoms with E-state index in [4.69, 9.17) is 0 Å². The summed E-state index contributed by atoms with van der Waals surface area (Å²) in [5.74, 6) is 0. The first kappa shape index (κ1) is 31.5. The first-order chi connectivity index (χ1) is 0. The maximum Gasteiger partial charge on any atom is 2.00 e. The second-order valence-electron chi connectivity index (χ2n) is 0. The summed E-state index contributed by atoms with van der Waals surface area (Å²) in [5.41, 5.74) is 0. The van der Waals surface area contributed by atoms with E-state index in [1.54, 1.807) is 0 Å². The van der Waals surface area contributed by atoms with Gasteiger partial charge in [0.15, 0.2) is 0 Å². The Balaban J connectivity index is 0. The van der Waals surface area contributed by atoms with Gasteiger partial charge in [-0.25, -0.2) is 0 Å². The van der Waals surface area contributed by atoms with Crippen molar-refractivity contribution in [2.45, 2.75) is 0 Å². The molecular weight excluding hydrogens is 478 g/mol. The van der Waals surface area contributed by atoms with Crippen LogP contribution < -0.4 is 50.9 Å². The van der Waals surface area contributed by atoms with E-state index in [0.717, 1.165) is 0 Å². The smallest absolute Gasteiger partial charge is 1.00 e. The van der Waals surface area contributed by atoms with Gasteiger partial charge in [-0.05, 0) is 0 Å². The average molecular weight is 478 g/mol. The molecule has 0 amide bonds. The van der Waals surface area contributed by atoms with E-state index in [-0.39, 0.29) is 82.1 Å². The summed E-state index contributed by atoms with van der Waals surface area (Å²) in [7, 11) is 0. The monoisotopic (exact) mass is 475 g/mol. The molecule has 4 heavy (non-hydrogen) atoms. The predicted molar refractivity (Wildman–Crippen MR) is 0 cm³/mol. The molecule has 0 fully saturated rings. The van der Waals surface area contributed by atoms with E-state index in [0.29, 0.717) is 0 Å². The summed E-state index contributed by atoms with van der Waals surface area (Å²) in [6.45, 7) is 0. The Morgan fingerprint density at radius 2 is 0.500 bits per heavy atom. The van der Waals surface area contributed by atoms with Crippen LogP contribution in [0.25, 0.3) is 0 Å². The molecule has 26 valence electrons. The zero-order valence-corrected chi connectivity index (χ0v) is 10.6. The summed E-state index contributed by atoms with van der Waals surface area (Å²) in [5, 5.41) is 0. The molecule has 0 aromatic rings. The van der Waals surface area contributed by atoms with Gasteiger partial charge in [-0.1, -0.05) is 0 Å². The SMILES string of the molecule is [Br-].[Br-].[Br-].[U+2]. The largest absolute Gasteiger partial charge is 2.00 e. The van der Waals surface area contributed by atoms with Crippen molar-refractivity contribution in [1.29, 1.82) is 0 Å². The molecule has 0 atom stereocenters. The first-order valence-electron chi connectivity index (χ1n) is 0. The van der Waals surface area contributed by atoms with Gasteiger partial charge >= 0.3 is 31.1 Å². The minimum absolute atomic E-state index is 0. The number of hydrogen-bond acceptors (Lipinski definition) is 0. The van der Waals surface area contributed by atoms with Crippen molar-refractivity contribution in [2.75, 3.05) is 0 Å². The Hall–Kier alpha value is 2.49. The van der Waals surface area contributed by atoms with Crippen molar-refractivity contribution in [3.63, 3.8) is 0 Å². The van der Waals surface area contributed by atoms with Crippen LogP contribution in [0.4, 0.5) is 0 Å². The van der Waals surface area contributed by atoms with Crippen LogP contribution in [0, 0.1) is 31.1 Å². The van der Waals surface area contributed by atoms with Crippen molar-refractivity contribution in [3.8, 4) is 0 Å². The molecule has 0 aromatic carbocycles. The molecule has 0 bridgehead atoms. The minimum Gasteiger partial charge on any atom is -1.00 e. The molecule has 0 saturated carbocycles. The fraction of sp³-hybridized carbons (Fsp3) is 0. The Kier molecular flexibility index (Phi) is 141. The number of rotatable bonds is 0. The molecule has 0 aliphatic heterocycles. The molecule has 4 heteroatoms. The predicted octanol–water partition coefficient (Wildman–Crippen LogP) is -8.99. The van der Waals surface area contributed by atoms with Crippen molar-refractivity contribution >= 4 is 0 Å². The molecule has 0 aliphatic carbocycles. The maximum absolute atomic E-state index is 0. The molecule has 0 heterocycles. The van der Waals surface area contributed by atoms with E-state index in [2.05, 4.69) is 0 Å². The second kappa shape index (κ2) is 17.8. The van der Waals surface area contributed by atoms with Crippen molar-refractivity contribution in [2.24, 2.45) is 0 Å². The zero-order valence-electron chi connectivity index (χ0n) is 1.63. The van der Waals surface area contributed by atoms with Crippen LogP contribution in [-0.4, -0.2) is 0 Å². The Morgan fingerprint density at radius 3 is 0.500 bits per heavy atom. The quantitative estimate of drug-likeness (QED) is 0.325. The molecule has 0 radical (unpaired) electrons. The molecule has 0 unspecified atom stereocenters. The van der Waals surface area contributed by atoms with Crippen LogP contribution in [0.3, 0.4) is 0 Å². The topological polar surface area (TPSA) is 0 Å². The molecule has 0 aromatic heterocycles. The van der Waals surface area contributed by atoms with Gasteiger partial charge in [0, 0.05) is 0 Å². The normalized spacial score (nSPS) is 0. The molecule has 0 saturated heterocycles. The summed E-state index contributed by atoms with van der Waals surface area (Å²) >= 11 is 0. The number of halogens is 3. The third-order valence-corrected chi connectivity index (χ3v) is 0. The van der Waals surface area contributed by atoms with Crippen LogP contribution in [0.15, 0.2) is 0 Å². The molecular formula is Br3U-. The zero-order chi connectivity index (χ0) is 0. The number of hydrogen-bond donors (Lipinski definition) is 0. The maximum atomic E-state index is 0. The van der Waals surface area contributed by atoms with Crippen LogP contribution in [-0.2, 0) is 0 Å². The van der Waals surface area contributed by atoms with Crippen molar-refractivity contribution in [1.82, 2.24) is 0 Å². The van der Waals surface area contributed by atoms with Crippen LogP contribution in [0.1, 0.15) is 0 Å². The minimum atomic E-state index is 0. The average Bonchev–Trinajstić information content (AvgIpc) is 0. The summed E-state index contributed by atoms with van der Waals surface area (Å²) in [4.78, 5) is 0. The summed E-state index contributed by atoms with van der Waals surface area (Å²) in [6, 6.07) is 0. The van der Waals surface area contributed by atoms with Crippen LogP contribution >= 0.6 is 0 Å². The first-order valence-corrected chi connectivity index (χ1v) is 0. The summed E-state index contributed by atoms with van der Waals surface area (Å²) in [6.07, 6.45) is 0. The third-order valence-electron chi connectivity index (χ3n) is 0. The van der Waals surface area contributed by atoms with Gasteiger partial charge in [0.25, 0.3) is 0 Å². The van der Waals surface area contributed by atoms with Gasteiger partial charge in [-0.2, -0.15) is 0 Å². The fourth-order valence-corrected chi connectivity index (χ4v) is 0. The van der Waals surface area contributed by atoms with Crippen LogP contribution in [0.2, 0.25) is 0 Å². The third kappa shape index (κ3) is 8.82. The molecule has 0 aliphatic rings. The van der Waals surface area contributed by atoms with Gasteiger partial charge in [0.05, 0.1) is 0 Å². The molecule has 0 N–H and O–H groups in total. The van der Waals surface area contributed by atoms with E-state index in [1.807, 2.05) is 0 Å². The fourth-order valence-electron chi connectivity index (χ4n) is 0. The second-order valence-corrected chi connectivity index (χ2v) is 0. The summed E-state index contributed by atoms with van der Waals surface area (Å²) < 4.78 is 0. The van der Waals surface area contributed by atoms with Gasteiger partial charge < -0.3 is 50.9 Å². The van der Waals surface area contributed by atoms with Gasteiger partial charge in [0.1, 0.15) is 0 Å². The van der Waals surface area contributed by atoms with Gasteiger partial charge in [0.2, 0.25) is 0 Å². The van der Waals surface area contributed by atoms with E-state index >= 15 is 0 Å². The van der Waals surface area contributed by atoms with E-state index in [1.165, 1.54) is 0 Å². The van der Waals surface area contributed by atoms with Crippen molar-refractivity contribution < 1.29 is 82.1 Å². The van der Waals surface area contributed by atoms with E-state index < -0.39 is 0 Å². The van der Waals surface area contributed by atoms with Gasteiger partial charge in [-0.3, -0.25) is 0 Å². The Bertz CT molecular complexity index is 3.25. The Morgan fingerprint density at radius 1 is 0.500 bits per heavy atom. The molecule has 0 spiro atoms. The van der Waals surface area contributed by atoms with Gasteiger partial charge in [-0.15, -0.1) is 0 Å².